The number of benzene rings is 1. The third-order valence-corrected chi connectivity index (χ3v) is 3.34. The van der Waals surface area contributed by atoms with E-state index in [2.05, 4.69) is 15.4 Å². The van der Waals surface area contributed by atoms with Crippen molar-refractivity contribution in [3.8, 4) is 5.69 Å². The van der Waals surface area contributed by atoms with Crippen LogP contribution in [-0.4, -0.2) is 51.0 Å². The maximum atomic E-state index is 13.0. The number of nitrogens with zero attached hydrogens (tertiary/aromatic N) is 3. The second-order valence-electron chi connectivity index (χ2n) is 5.40. The van der Waals surface area contributed by atoms with Gasteiger partial charge in [-0.25, -0.2) is 18.9 Å². The number of carbonyl (C=O) groups excluding carboxylic acids is 1. The summed E-state index contributed by atoms with van der Waals surface area (Å²) in [6.45, 7) is 2.73. The van der Waals surface area contributed by atoms with Gasteiger partial charge in [0.05, 0.1) is 12.3 Å². The Morgan fingerprint density at radius 3 is 2.54 bits per heavy atom. The molecule has 9 heteroatoms. The zero-order valence-electron chi connectivity index (χ0n) is 13.4. The molecule has 0 spiro atoms. The van der Waals surface area contributed by atoms with Crippen LogP contribution in [0.4, 0.5) is 4.39 Å². The summed E-state index contributed by atoms with van der Waals surface area (Å²) in [5, 5.41) is 15.6. The number of carboxylic acid groups (broad SMARTS) is 1. The second-order valence-corrected chi connectivity index (χ2v) is 5.40. The number of amides is 1. The molecule has 1 unspecified atom stereocenters. The van der Waals surface area contributed by atoms with E-state index in [1.54, 1.807) is 6.92 Å². The number of carboxylic acids is 1. The average molecular weight is 336 g/mol. The lowest BCUT2D eigenvalue weighted by Crippen LogP contribution is -2.55. The van der Waals surface area contributed by atoms with Gasteiger partial charge in [0.2, 0.25) is 5.82 Å². The number of carbonyl (C=O) groups is 2. The quantitative estimate of drug-likeness (QED) is 0.813. The van der Waals surface area contributed by atoms with Gasteiger partial charge in [0.15, 0.2) is 5.54 Å². The summed E-state index contributed by atoms with van der Waals surface area (Å²) in [5.41, 5.74) is -1.08. The first-order valence-corrected chi connectivity index (χ1v) is 7.01. The molecule has 0 bridgehead atoms. The van der Waals surface area contributed by atoms with E-state index < -0.39 is 23.2 Å². The molecular formula is C15H17FN4O4. The second kappa shape index (κ2) is 6.75. The first-order chi connectivity index (χ1) is 11.3. The molecule has 24 heavy (non-hydrogen) atoms. The van der Waals surface area contributed by atoms with Crippen LogP contribution >= 0.6 is 0 Å². The highest BCUT2D eigenvalue weighted by atomic mass is 19.1. The number of aryl methyl sites for hydroxylation is 1. The number of hydrogen-bond donors (Lipinski definition) is 2. The maximum Gasteiger partial charge on any atom is 0.331 e. The molecule has 0 aliphatic rings. The standard InChI is InChI=1S/C15H17FN4O4/c1-9-17-12(13(21)18-15(2,8-24-3)14(22)23)19-20(9)11-6-4-10(16)5-7-11/h4-7H,8H2,1-3H3,(H,18,21)(H,22,23). The number of hydrogen-bond acceptors (Lipinski definition) is 5. The zero-order valence-corrected chi connectivity index (χ0v) is 13.4. The summed E-state index contributed by atoms with van der Waals surface area (Å²) in [4.78, 5) is 27.6. The molecule has 2 N–H and O–H groups in total. The van der Waals surface area contributed by atoms with Gasteiger partial charge in [0, 0.05) is 7.11 Å². The van der Waals surface area contributed by atoms with E-state index in [9.17, 15) is 19.1 Å². The van der Waals surface area contributed by atoms with Gasteiger partial charge in [0.25, 0.3) is 5.91 Å². The summed E-state index contributed by atoms with van der Waals surface area (Å²) in [6, 6.07) is 5.50. The van der Waals surface area contributed by atoms with Crippen molar-refractivity contribution >= 4 is 11.9 Å². The van der Waals surface area contributed by atoms with E-state index >= 15 is 0 Å². The lowest BCUT2D eigenvalue weighted by molar-refractivity contribution is -0.145. The molecule has 8 nitrogen and oxygen atoms in total. The molecule has 0 saturated carbocycles. The molecule has 0 aliphatic heterocycles. The van der Waals surface area contributed by atoms with Gasteiger partial charge in [-0.3, -0.25) is 4.79 Å². The van der Waals surface area contributed by atoms with E-state index in [1.165, 1.54) is 43.0 Å². The van der Waals surface area contributed by atoms with E-state index in [1.807, 2.05) is 0 Å². The normalized spacial score (nSPS) is 13.3. The highest BCUT2D eigenvalue weighted by Crippen LogP contribution is 2.12. The van der Waals surface area contributed by atoms with Crippen molar-refractivity contribution in [3.63, 3.8) is 0 Å². The number of methoxy groups -OCH3 is 1. The highest BCUT2D eigenvalue weighted by molar-refractivity contribution is 5.95. The van der Waals surface area contributed by atoms with Crippen LogP contribution in [0.2, 0.25) is 0 Å². The SMILES string of the molecule is COCC(C)(NC(=O)c1nc(C)n(-c2ccc(F)cc2)n1)C(=O)O. The van der Waals surface area contributed by atoms with Crippen molar-refractivity contribution in [2.75, 3.05) is 13.7 Å². The average Bonchev–Trinajstić information content (AvgIpc) is 2.90. The Morgan fingerprint density at radius 1 is 1.38 bits per heavy atom. The Bertz CT molecular complexity index is 759. The lowest BCUT2D eigenvalue weighted by Gasteiger charge is -2.24. The molecule has 1 atom stereocenters. The molecule has 0 saturated heterocycles. The van der Waals surface area contributed by atoms with Crippen LogP contribution in [0.25, 0.3) is 5.69 Å². The van der Waals surface area contributed by atoms with Crippen molar-refractivity contribution in [1.29, 1.82) is 0 Å². The monoisotopic (exact) mass is 336 g/mol. The van der Waals surface area contributed by atoms with Crippen LogP contribution in [0.1, 0.15) is 23.4 Å². The Balaban J connectivity index is 2.27. The van der Waals surface area contributed by atoms with Gasteiger partial charge in [-0.1, -0.05) is 0 Å². The van der Waals surface area contributed by atoms with Crippen LogP contribution in [0.5, 0.6) is 0 Å². The van der Waals surface area contributed by atoms with E-state index in [0.717, 1.165) is 0 Å². The topological polar surface area (TPSA) is 106 Å². The fourth-order valence-corrected chi connectivity index (χ4v) is 2.06. The van der Waals surface area contributed by atoms with Crippen LogP contribution in [0.15, 0.2) is 24.3 Å². The number of aliphatic carboxylic acids is 1. The summed E-state index contributed by atoms with van der Waals surface area (Å²) in [7, 11) is 1.33. The summed E-state index contributed by atoms with van der Waals surface area (Å²) >= 11 is 0. The lowest BCUT2D eigenvalue weighted by atomic mass is 10.0. The minimum Gasteiger partial charge on any atom is -0.479 e. The third kappa shape index (κ3) is 3.57. The number of ether oxygens (including phenoxy) is 1. The van der Waals surface area contributed by atoms with Gasteiger partial charge in [-0.15, -0.1) is 5.10 Å². The largest absolute Gasteiger partial charge is 0.479 e. The van der Waals surface area contributed by atoms with Gasteiger partial charge in [-0.05, 0) is 38.1 Å². The van der Waals surface area contributed by atoms with Crippen molar-refractivity contribution in [1.82, 2.24) is 20.1 Å². The Morgan fingerprint density at radius 2 is 2.00 bits per heavy atom. The summed E-state index contributed by atoms with van der Waals surface area (Å²) in [6.07, 6.45) is 0. The minimum absolute atomic E-state index is 0.194. The van der Waals surface area contributed by atoms with E-state index in [4.69, 9.17) is 4.74 Å². The predicted octanol–water partition coefficient (Wildman–Crippen LogP) is 0.934. The van der Waals surface area contributed by atoms with Crippen LogP contribution in [0, 0.1) is 12.7 Å². The van der Waals surface area contributed by atoms with Gasteiger partial charge >= 0.3 is 5.97 Å². The molecule has 1 heterocycles. The maximum absolute atomic E-state index is 13.0. The number of halogens is 1. The molecule has 0 radical (unpaired) electrons. The number of nitrogens with one attached hydrogen (secondary N) is 1. The third-order valence-electron chi connectivity index (χ3n) is 3.34. The molecule has 2 aromatic rings. The molecule has 128 valence electrons. The van der Waals surface area contributed by atoms with E-state index in [0.29, 0.717) is 11.5 Å². The van der Waals surface area contributed by atoms with Gasteiger partial charge < -0.3 is 15.2 Å². The van der Waals surface area contributed by atoms with Crippen molar-refractivity contribution in [3.05, 3.63) is 41.7 Å². The first kappa shape index (κ1) is 17.5. The predicted molar refractivity (Wildman–Crippen MR) is 81.4 cm³/mol. The first-order valence-electron chi connectivity index (χ1n) is 7.01. The Labute approximate surface area is 137 Å². The van der Waals surface area contributed by atoms with Crippen molar-refractivity contribution < 1.29 is 23.8 Å². The fraction of sp³-hybridized carbons (Fsp3) is 0.333. The summed E-state index contributed by atoms with van der Waals surface area (Å²) in [5.74, 6) is -2.18. The molecule has 0 fully saturated rings. The van der Waals surface area contributed by atoms with Crippen LogP contribution < -0.4 is 5.32 Å². The molecule has 2 rings (SSSR count). The molecule has 1 aromatic carbocycles. The van der Waals surface area contributed by atoms with Crippen molar-refractivity contribution in [2.24, 2.45) is 0 Å². The smallest absolute Gasteiger partial charge is 0.331 e. The molecular weight excluding hydrogens is 319 g/mol. The zero-order chi connectivity index (χ0) is 17.9. The molecule has 1 amide bonds. The van der Waals surface area contributed by atoms with E-state index in [-0.39, 0.29) is 12.4 Å². The number of rotatable bonds is 6. The summed E-state index contributed by atoms with van der Waals surface area (Å²) < 4.78 is 19.2. The number of aromatic nitrogens is 3. The van der Waals surface area contributed by atoms with Crippen molar-refractivity contribution in [2.45, 2.75) is 19.4 Å². The Hall–Kier alpha value is -2.81. The van der Waals surface area contributed by atoms with Gasteiger partial charge in [-0.2, -0.15) is 0 Å². The van der Waals surface area contributed by atoms with Crippen LogP contribution in [-0.2, 0) is 9.53 Å². The molecule has 1 aromatic heterocycles. The minimum atomic E-state index is -1.61. The highest BCUT2D eigenvalue weighted by Gasteiger charge is 2.36. The Kier molecular flexibility index (Phi) is 4.93. The molecule has 0 aliphatic carbocycles. The fourth-order valence-electron chi connectivity index (χ4n) is 2.06. The van der Waals surface area contributed by atoms with Crippen LogP contribution in [0.3, 0.4) is 0 Å². The van der Waals surface area contributed by atoms with Gasteiger partial charge in [0.1, 0.15) is 11.6 Å².